The average molecular weight is 251 g/mol. The van der Waals surface area contributed by atoms with Crippen LogP contribution < -0.4 is 5.32 Å². The van der Waals surface area contributed by atoms with Crippen LogP contribution in [0.4, 0.5) is 0 Å². The SMILES string of the molecule is O=C1NC(c2cccc(Cl)c2)N2CCCCC12. The van der Waals surface area contributed by atoms with Gasteiger partial charge in [-0.05, 0) is 30.5 Å². The molecule has 2 aliphatic heterocycles. The van der Waals surface area contributed by atoms with Crippen molar-refractivity contribution in [1.82, 2.24) is 10.2 Å². The minimum atomic E-state index is 0.00602. The first-order chi connectivity index (χ1) is 8.25. The second-order valence-electron chi connectivity index (χ2n) is 4.72. The summed E-state index contributed by atoms with van der Waals surface area (Å²) in [4.78, 5) is 14.2. The molecule has 1 aromatic carbocycles. The summed E-state index contributed by atoms with van der Waals surface area (Å²) in [5.41, 5.74) is 1.08. The first-order valence-electron chi connectivity index (χ1n) is 6.07. The number of halogens is 1. The molecular weight excluding hydrogens is 236 g/mol. The third-order valence-electron chi connectivity index (χ3n) is 3.62. The van der Waals surface area contributed by atoms with Crippen LogP contribution in [0, 0.1) is 0 Å². The molecule has 2 fully saturated rings. The van der Waals surface area contributed by atoms with E-state index in [1.54, 1.807) is 0 Å². The van der Waals surface area contributed by atoms with E-state index in [4.69, 9.17) is 11.6 Å². The van der Waals surface area contributed by atoms with Gasteiger partial charge in [0.15, 0.2) is 0 Å². The normalized spacial score (nSPS) is 28.9. The van der Waals surface area contributed by atoms with Crippen LogP contribution in [0.15, 0.2) is 24.3 Å². The van der Waals surface area contributed by atoms with Gasteiger partial charge in [-0.15, -0.1) is 0 Å². The van der Waals surface area contributed by atoms with Crippen LogP contribution in [0.2, 0.25) is 5.02 Å². The Labute approximate surface area is 106 Å². The number of hydrogen-bond acceptors (Lipinski definition) is 2. The molecule has 1 N–H and O–H groups in total. The zero-order chi connectivity index (χ0) is 11.8. The van der Waals surface area contributed by atoms with E-state index in [2.05, 4.69) is 10.2 Å². The van der Waals surface area contributed by atoms with Gasteiger partial charge in [0.1, 0.15) is 6.17 Å². The molecule has 2 aliphatic rings. The maximum absolute atomic E-state index is 11.9. The molecule has 4 heteroatoms. The molecule has 0 radical (unpaired) electrons. The van der Waals surface area contributed by atoms with Gasteiger partial charge < -0.3 is 5.32 Å². The van der Waals surface area contributed by atoms with Crippen molar-refractivity contribution in [2.45, 2.75) is 31.5 Å². The number of nitrogens with one attached hydrogen (secondary N) is 1. The molecule has 90 valence electrons. The Morgan fingerprint density at radius 2 is 2.24 bits per heavy atom. The van der Waals surface area contributed by atoms with E-state index in [0.717, 1.165) is 30.0 Å². The quantitative estimate of drug-likeness (QED) is 0.830. The number of fused-ring (bicyclic) bond motifs is 1. The molecule has 2 atom stereocenters. The summed E-state index contributed by atoms with van der Waals surface area (Å²) in [5, 5.41) is 3.79. The topological polar surface area (TPSA) is 32.3 Å². The molecular formula is C13H15ClN2O. The first-order valence-corrected chi connectivity index (χ1v) is 6.45. The fourth-order valence-corrected chi connectivity index (χ4v) is 3.01. The average Bonchev–Trinajstić information content (AvgIpc) is 2.68. The van der Waals surface area contributed by atoms with Crippen molar-refractivity contribution in [2.24, 2.45) is 0 Å². The highest BCUT2D eigenvalue weighted by Crippen LogP contribution is 2.32. The Hall–Kier alpha value is -1.06. The van der Waals surface area contributed by atoms with Gasteiger partial charge in [-0.25, -0.2) is 0 Å². The summed E-state index contributed by atoms with van der Waals surface area (Å²) in [7, 11) is 0. The van der Waals surface area contributed by atoms with E-state index in [9.17, 15) is 4.79 Å². The lowest BCUT2D eigenvalue weighted by Gasteiger charge is -2.31. The molecule has 3 rings (SSSR count). The highest BCUT2D eigenvalue weighted by Gasteiger charge is 2.41. The Morgan fingerprint density at radius 1 is 1.35 bits per heavy atom. The predicted molar refractivity (Wildman–Crippen MR) is 66.7 cm³/mol. The number of nitrogens with zero attached hydrogens (tertiary/aromatic N) is 1. The lowest BCUT2D eigenvalue weighted by Crippen LogP contribution is -2.38. The van der Waals surface area contributed by atoms with Gasteiger partial charge in [-0.2, -0.15) is 0 Å². The van der Waals surface area contributed by atoms with E-state index in [1.807, 2.05) is 24.3 Å². The van der Waals surface area contributed by atoms with E-state index in [0.29, 0.717) is 0 Å². The molecule has 17 heavy (non-hydrogen) atoms. The molecule has 2 heterocycles. The second-order valence-corrected chi connectivity index (χ2v) is 5.15. The Bertz CT molecular complexity index is 449. The molecule has 0 saturated carbocycles. The molecule has 3 nitrogen and oxygen atoms in total. The fraction of sp³-hybridized carbons (Fsp3) is 0.462. The summed E-state index contributed by atoms with van der Waals surface area (Å²) < 4.78 is 0. The van der Waals surface area contributed by atoms with Crippen molar-refractivity contribution >= 4 is 17.5 Å². The summed E-state index contributed by atoms with van der Waals surface area (Å²) in [6.07, 6.45) is 3.30. The van der Waals surface area contributed by atoms with E-state index in [-0.39, 0.29) is 18.1 Å². The molecule has 0 spiro atoms. The number of hydrogen-bond donors (Lipinski definition) is 1. The molecule has 0 aliphatic carbocycles. The highest BCUT2D eigenvalue weighted by molar-refractivity contribution is 6.30. The van der Waals surface area contributed by atoms with Crippen LogP contribution in [0.25, 0.3) is 0 Å². The maximum atomic E-state index is 11.9. The van der Waals surface area contributed by atoms with E-state index < -0.39 is 0 Å². The summed E-state index contributed by atoms with van der Waals surface area (Å²) in [6, 6.07) is 7.81. The second kappa shape index (κ2) is 4.31. The molecule has 0 bridgehead atoms. The number of piperidine rings is 1. The van der Waals surface area contributed by atoms with Gasteiger partial charge >= 0.3 is 0 Å². The minimum absolute atomic E-state index is 0.00602. The predicted octanol–water partition coefficient (Wildman–Crippen LogP) is 2.32. The number of carbonyl (C=O) groups excluding carboxylic acids is 1. The number of carbonyl (C=O) groups is 1. The van der Waals surface area contributed by atoms with Crippen LogP contribution >= 0.6 is 11.6 Å². The highest BCUT2D eigenvalue weighted by atomic mass is 35.5. The van der Waals surface area contributed by atoms with Crippen molar-refractivity contribution in [1.29, 1.82) is 0 Å². The third kappa shape index (κ3) is 1.94. The minimum Gasteiger partial charge on any atom is -0.335 e. The van der Waals surface area contributed by atoms with Crippen molar-refractivity contribution in [2.75, 3.05) is 6.54 Å². The number of amides is 1. The van der Waals surface area contributed by atoms with Gasteiger partial charge in [-0.3, -0.25) is 9.69 Å². The van der Waals surface area contributed by atoms with Crippen molar-refractivity contribution in [3.05, 3.63) is 34.9 Å². The van der Waals surface area contributed by atoms with Gasteiger partial charge in [0.25, 0.3) is 0 Å². The van der Waals surface area contributed by atoms with E-state index in [1.165, 1.54) is 6.42 Å². The Kier molecular flexibility index (Phi) is 2.81. The monoisotopic (exact) mass is 250 g/mol. The standard InChI is InChI=1S/C13H15ClN2O/c14-10-5-3-4-9(8-10)12-15-13(17)11-6-1-2-7-16(11)12/h3-5,8,11-12H,1-2,6-7H2,(H,15,17). The van der Waals surface area contributed by atoms with Crippen LogP contribution in [-0.4, -0.2) is 23.4 Å². The van der Waals surface area contributed by atoms with Crippen LogP contribution in [-0.2, 0) is 4.79 Å². The first kappa shape index (κ1) is 11.1. The number of rotatable bonds is 1. The summed E-state index contributed by atoms with van der Waals surface area (Å²) in [5.74, 6) is 0.162. The molecule has 2 saturated heterocycles. The van der Waals surface area contributed by atoms with Crippen LogP contribution in [0.1, 0.15) is 31.0 Å². The van der Waals surface area contributed by atoms with E-state index >= 15 is 0 Å². The fourth-order valence-electron chi connectivity index (χ4n) is 2.81. The molecule has 1 amide bonds. The van der Waals surface area contributed by atoms with Gasteiger partial charge in [0.2, 0.25) is 5.91 Å². The van der Waals surface area contributed by atoms with Crippen LogP contribution in [0.5, 0.6) is 0 Å². The molecule has 2 unspecified atom stereocenters. The molecule has 0 aromatic heterocycles. The zero-order valence-electron chi connectivity index (χ0n) is 9.53. The van der Waals surface area contributed by atoms with Gasteiger partial charge in [0.05, 0.1) is 6.04 Å². The van der Waals surface area contributed by atoms with Crippen molar-refractivity contribution in [3.63, 3.8) is 0 Å². The smallest absolute Gasteiger partial charge is 0.238 e. The lowest BCUT2D eigenvalue weighted by molar-refractivity contribution is -0.122. The van der Waals surface area contributed by atoms with Crippen LogP contribution in [0.3, 0.4) is 0 Å². The number of benzene rings is 1. The molecule has 1 aromatic rings. The van der Waals surface area contributed by atoms with Gasteiger partial charge in [0, 0.05) is 11.6 Å². The summed E-state index contributed by atoms with van der Waals surface area (Å²) in [6.45, 7) is 0.987. The zero-order valence-corrected chi connectivity index (χ0v) is 10.3. The Balaban J connectivity index is 1.91. The van der Waals surface area contributed by atoms with Crippen molar-refractivity contribution < 1.29 is 4.79 Å². The van der Waals surface area contributed by atoms with Crippen molar-refractivity contribution in [3.8, 4) is 0 Å². The summed E-state index contributed by atoms with van der Waals surface area (Å²) >= 11 is 6.00. The lowest BCUT2D eigenvalue weighted by atomic mass is 10.0. The maximum Gasteiger partial charge on any atom is 0.238 e. The largest absolute Gasteiger partial charge is 0.335 e. The van der Waals surface area contributed by atoms with Gasteiger partial charge in [-0.1, -0.05) is 30.2 Å². The third-order valence-corrected chi connectivity index (χ3v) is 3.86. The Morgan fingerprint density at radius 3 is 3.06 bits per heavy atom.